The summed E-state index contributed by atoms with van der Waals surface area (Å²) in [6.45, 7) is 3.23. The van der Waals surface area contributed by atoms with E-state index in [9.17, 15) is 4.79 Å². The summed E-state index contributed by atoms with van der Waals surface area (Å²) in [6.07, 6.45) is 1.62. The van der Waals surface area contributed by atoms with Crippen molar-refractivity contribution in [2.75, 3.05) is 31.7 Å². The lowest BCUT2D eigenvalue weighted by atomic mass is 10.0. The largest absolute Gasteiger partial charge is 0.469 e. The van der Waals surface area contributed by atoms with E-state index in [-0.39, 0.29) is 5.97 Å². The number of rotatable bonds is 4. The highest BCUT2D eigenvalue weighted by molar-refractivity contribution is 7.99. The van der Waals surface area contributed by atoms with Crippen molar-refractivity contribution < 1.29 is 9.53 Å². The first-order valence-electron chi connectivity index (χ1n) is 6.73. The first kappa shape index (κ1) is 14.4. The highest BCUT2D eigenvalue weighted by Crippen LogP contribution is 2.16. The summed E-state index contributed by atoms with van der Waals surface area (Å²) in [5.41, 5.74) is 2.34. The average molecular weight is 279 g/mol. The van der Waals surface area contributed by atoms with Gasteiger partial charge in [0.2, 0.25) is 0 Å². The van der Waals surface area contributed by atoms with Crippen LogP contribution in [-0.4, -0.2) is 42.6 Å². The molecule has 19 heavy (non-hydrogen) atoms. The molecule has 0 spiro atoms. The van der Waals surface area contributed by atoms with Gasteiger partial charge < -0.3 is 4.74 Å². The van der Waals surface area contributed by atoms with Crippen LogP contribution in [0.3, 0.4) is 0 Å². The summed E-state index contributed by atoms with van der Waals surface area (Å²) in [7, 11) is 1.44. The van der Waals surface area contributed by atoms with Gasteiger partial charge in [0, 0.05) is 18.8 Å². The van der Waals surface area contributed by atoms with E-state index in [1.54, 1.807) is 0 Å². The molecule has 1 aliphatic heterocycles. The van der Waals surface area contributed by atoms with Crippen LogP contribution < -0.4 is 0 Å². The molecule has 0 radical (unpaired) electrons. The molecule has 1 aromatic carbocycles. The Balaban J connectivity index is 2.03. The normalized spacial score (nSPS) is 16.9. The van der Waals surface area contributed by atoms with Gasteiger partial charge >= 0.3 is 5.97 Å². The van der Waals surface area contributed by atoms with Crippen LogP contribution in [-0.2, 0) is 22.5 Å². The first-order valence-corrected chi connectivity index (χ1v) is 7.89. The van der Waals surface area contributed by atoms with Gasteiger partial charge in [-0.2, -0.15) is 11.8 Å². The topological polar surface area (TPSA) is 29.5 Å². The summed E-state index contributed by atoms with van der Waals surface area (Å²) in [6, 6.07) is 8.18. The summed E-state index contributed by atoms with van der Waals surface area (Å²) < 4.78 is 4.76. The molecular weight excluding hydrogens is 258 g/mol. The second-order valence-electron chi connectivity index (χ2n) is 4.76. The molecule has 0 aliphatic carbocycles. The van der Waals surface area contributed by atoms with Gasteiger partial charge in [-0.1, -0.05) is 24.3 Å². The number of esters is 1. The van der Waals surface area contributed by atoms with Gasteiger partial charge in [0.05, 0.1) is 13.5 Å². The lowest BCUT2D eigenvalue weighted by Gasteiger charge is -2.21. The van der Waals surface area contributed by atoms with E-state index in [4.69, 9.17) is 4.74 Å². The van der Waals surface area contributed by atoms with Gasteiger partial charge in [-0.05, 0) is 29.8 Å². The van der Waals surface area contributed by atoms with E-state index >= 15 is 0 Å². The molecule has 0 atom stereocenters. The number of nitrogens with zero attached hydrogens (tertiary/aromatic N) is 1. The summed E-state index contributed by atoms with van der Waals surface area (Å²) in [5.74, 6) is 2.30. The fraction of sp³-hybridized carbons (Fsp3) is 0.533. The van der Waals surface area contributed by atoms with Crippen molar-refractivity contribution in [3.63, 3.8) is 0 Å². The quantitative estimate of drug-likeness (QED) is 0.791. The van der Waals surface area contributed by atoms with Crippen molar-refractivity contribution in [1.29, 1.82) is 0 Å². The molecule has 1 heterocycles. The third kappa shape index (κ3) is 4.55. The SMILES string of the molecule is COC(=O)Cc1ccccc1CN1CCCSCC1. The third-order valence-electron chi connectivity index (χ3n) is 3.39. The van der Waals surface area contributed by atoms with Crippen LogP contribution >= 0.6 is 11.8 Å². The minimum atomic E-state index is -0.168. The number of carbonyl (C=O) groups excluding carboxylic acids is 1. The molecule has 0 amide bonds. The number of hydrogen-bond donors (Lipinski definition) is 0. The Bertz CT molecular complexity index is 414. The molecular formula is C15H21NO2S. The van der Waals surface area contributed by atoms with Crippen molar-refractivity contribution in [3.05, 3.63) is 35.4 Å². The molecule has 3 nitrogen and oxygen atoms in total. The molecule has 0 saturated carbocycles. The van der Waals surface area contributed by atoms with Crippen LogP contribution in [0.4, 0.5) is 0 Å². The number of hydrogen-bond acceptors (Lipinski definition) is 4. The summed E-state index contributed by atoms with van der Waals surface area (Å²) in [5, 5.41) is 0. The fourth-order valence-corrected chi connectivity index (χ4v) is 3.23. The Labute approximate surface area is 119 Å². The number of benzene rings is 1. The van der Waals surface area contributed by atoms with E-state index in [1.807, 2.05) is 30.0 Å². The van der Waals surface area contributed by atoms with Crippen molar-refractivity contribution in [2.24, 2.45) is 0 Å². The molecule has 1 aromatic rings. The Hall–Kier alpha value is -1.00. The predicted octanol–water partition coefficient (Wildman–Crippen LogP) is 2.34. The van der Waals surface area contributed by atoms with Crippen LogP contribution in [0.15, 0.2) is 24.3 Å². The minimum absolute atomic E-state index is 0.168. The molecule has 0 bridgehead atoms. The van der Waals surface area contributed by atoms with Gasteiger partial charge in [-0.25, -0.2) is 0 Å². The lowest BCUT2D eigenvalue weighted by molar-refractivity contribution is -0.139. The summed E-state index contributed by atoms with van der Waals surface area (Å²) >= 11 is 2.03. The molecule has 104 valence electrons. The minimum Gasteiger partial charge on any atom is -0.469 e. The van der Waals surface area contributed by atoms with Gasteiger partial charge in [-0.3, -0.25) is 9.69 Å². The first-order chi connectivity index (χ1) is 9.29. The number of ether oxygens (including phenoxy) is 1. The van der Waals surface area contributed by atoms with Gasteiger partial charge in [0.15, 0.2) is 0 Å². The zero-order valence-electron chi connectivity index (χ0n) is 11.4. The highest BCUT2D eigenvalue weighted by Gasteiger charge is 2.13. The zero-order chi connectivity index (χ0) is 13.5. The Morgan fingerprint density at radius 1 is 1.26 bits per heavy atom. The maximum absolute atomic E-state index is 11.4. The number of carbonyl (C=O) groups is 1. The molecule has 4 heteroatoms. The van der Waals surface area contributed by atoms with Crippen LogP contribution in [0.2, 0.25) is 0 Å². The Morgan fingerprint density at radius 3 is 2.84 bits per heavy atom. The van der Waals surface area contributed by atoms with Gasteiger partial charge in [0.25, 0.3) is 0 Å². The second kappa shape index (κ2) is 7.56. The van der Waals surface area contributed by atoms with Crippen molar-refractivity contribution in [3.8, 4) is 0 Å². The van der Waals surface area contributed by atoms with Crippen molar-refractivity contribution >= 4 is 17.7 Å². The van der Waals surface area contributed by atoms with E-state index in [0.29, 0.717) is 6.42 Å². The standard InChI is InChI=1S/C15H21NO2S/c1-18-15(17)11-13-5-2-3-6-14(13)12-16-7-4-9-19-10-8-16/h2-3,5-6H,4,7-12H2,1H3. The number of thioether (sulfide) groups is 1. The van der Waals surface area contributed by atoms with Crippen molar-refractivity contribution in [1.82, 2.24) is 4.90 Å². The zero-order valence-corrected chi connectivity index (χ0v) is 12.2. The summed E-state index contributed by atoms with van der Waals surface area (Å²) in [4.78, 5) is 13.9. The number of methoxy groups -OCH3 is 1. The van der Waals surface area contributed by atoms with E-state index < -0.39 is 0 Å². The second-order valence-corrected chi connectivity index (χ2v) is 5.99. The molecule has 1 aliphatic rings. The maximum atomic E-state index is 11.4. The third-order valence-corrected chi connectivity index (χ3v) is 4.44. The van der Waals surface area contributed by atoms with E-state index in [0.717, 1.165) is 25.2 Å². The van der Waals surface area contributed by atoms with Crippen LogP contribution in [0.25, 0.3) is 0 Å². The van der Waals surface area contributed by atoms with Crippen LogP contribution in [0, 0.1) is 0 Å². The fourth-order valence-electron chi connectivity index (χ4n) is 2.31. The van der Waals surface area contributed by atoms with E-state index in [2.05, 4.69) is 11.0 Å². The molecule has 2 rings (SSSR count). The highest BCUT2D eigenvalue weighted by atomic mass is 32.2. The molecule has 1 fully saturated rings. The Morgan fingerprint density at radius 2 is 2.05 bits per heavy atom. The molecule has 0 N–H and O–H groups in total. The van der Waals surface area contributed by atoms with E-state index in [1.165, 1.54) is 30.6 Å². The lowest BCUT2D eigenvalue weighted by Crippen LogP contribution is -2.26. The average Bonchev–Trinajstić information content (AvgIpc) is 2.69. The van der Waals surface area contributed by atoms with Crippen LogP contribution in [0.5, 0.6) is 0 Å². The Kier molecular flexibility index (Phi) is 5.73. The van der Waals surface area contributed by atoms with Crippen LogP contribution in [0.1, 0.15) is 17.5 Å². The molecule has 0 unspecified atom stereocenters. The van der Waals surface area contributed by atoms with Gasteiger partial charge in [-0.15, -0.1) is 0 Å². The molecule has 1 saturated heterocycles. The molecule has 0 aromatic heterocycles. The smallest absolute Gasteiger partial charge is 0.309 e. The monoisotopic (exact) mass is 279 g/mol. The maximum Gasteiger partial charge on any atom is 0.309 e. The predicted molar refractivity (Wildman–Crippen MR) is 79.4 cm³/mol. The van der Waals surface area contributed by atoms with Crippen molar-refractivity contribution in [2.45, 2.75) is 19.4 Å². The van der Waals surface area contributed by atoms with Gasteiger partial charge in [0.1, 0.15) is 0 Å².